The van der Waals surface area contributed by atoms with Crippen molar-refractivity contribution in [2.24, 2.45) is 16.6 Å². The molecular weight excluding hydrogens is 444 g/mol. The number of carbonyl (C=O) groups is 1. The molecule has 5 N–H and O–H groups in total. The molecule has 10 heteroatoms. The topological polar surface area (TPSA) is 139 Å². The third-order valence-electron chi connectivity index (χ3n) is 5.77. The maximum atomic E-state index is 12.7. The lowest BCUT2D eigenvalue weighted by molar-refractivity contribution is 0.0958. The number of nitrogens with two attached hydrogens (primary N) is 1. The minimum Gasteiger partial charge on any atom is -0.474 e. The summed E-state index contributed by atoms with van der Waals surface area (Å²) in [6.45, 7) is 3.94. The Bertz CT molecular complexity index is 1170. The van der Waals surface area contributed by atoms with E-state index in [1.807, 2.05) is 12.1 Å². The predicted molar refractivity (Wildman–Crippen MR) is 137 cm³/mol. The molecule has 3 aliphatic carbocycles. The van der Waals surface area contributed by atoms with Crippen LogP contribution in [0.2, 0.25) is 0 Å². The summed E-state index contributed by atoms with van der Waals surface area (Å²) in [5, 5.41) is 8.85. The minimum atomic E-state index is -0.346. The van der Waals surface area contributed by atoms with Crippen LogP contribution in [0.5, 0.6) is 5.88 Å². The van der Waals surface area contributed by atoms with E-state index in [9.17, 15) is 4.79 Å². The first-order valence-electron chi connectivity index (χ1n) is 11.5. The number of anilines is 3. The summed E-state index contributed by atoms with van der Waals surface area (Å²) >= 11 is 0. The third-order valence-corrected chi connectivity index (χ3v) is 5.77. The summed E-state index contributed by atoms with van der Waals surface area (Å²) < 4.78 is 6.19. The summed E-state index contributed by atoms with van der Waals surface area (Å²) in [7, 11) is 1.63. The van der Waals surface area contributed by atoms with Crippen LogP contribution in [0, 0.1) is 5.92 Å². The zero-order chi connectivity index (χ0) is 24.6. The lowest BCUT2D eigenvalue weighted by atomic mass is 9.79. The maximum Gasteiger partial charge on any atom is 0.256 e. The normalized spacial score (nSPS) is 19.2. The predicted octanol–water partition coefficient (Wildman–Crippen LogP) is 3.32. The first kappa shape index (κ1) is 23.9. The Labute approximate surface area is 204 Å². The largest absolute Gasteiger partial charge is 0.474 e. The Hall–Kier alpha value is -4.21. The van der Waals surface area contributed by atoms with E-state index in [0.29, 0.717) is 29.9 Å². The number of hydrogen-bond acceptors (Lipinski definition) is 9. The van der Waals surface area contributed by atoms with Crippen LogP contribution in [0.4, 0.5) is 17.6 Å². The van der Waals surface area contributed by atoms with Gasteiger partial charge in [0.05, 0.1) is 5.70 Å². The smallest absolute Gasteiger partial charge is 0.256 e. The van der Waals surface area contributed by atoms with Gasteiger partial charge in [-0.1, -0.05) is 23.8 Å². The van der Waals surface area contributed by atoms with E-state index < -0.39 is 0 Å². The van der Waals surface area contributed by atoms with Gasteiger partial charge in [0.1, 0.15) is 23.3 Å². The zero-order valence-corrected chi connectivity index (χ0v) is 19.7. The molecule has 1 atom stereocenters. The molecule has 1 saturated carbocycles. The van der Waals surface area contributed by atoms with Gasteiger partial charge in [-0.15, -0.1) is 6.58 Å². The maximum absolute atomic E-state index is 12.7. The van der Waals surface area contributed by atoms with E-state index in [1.165, 1.54) is 37.0 Å². The van der Waals surface area contributed by atoms with Gasteiger partial charge in [-0.3, -0.25) is 9.79 Å². The summed E-state index contributed by atoms with van der Waals surface area (Å²) in [4.78, 5) is 29.9. The molecule has 182 valence electrons. The van der Waals surface area contributed by atoms with Crippen molar-refractivity contribution in [1.82, 2.24) is 20.3 Å². The van der Waals surface area contributed by atoms with Crippen LogP contribution >= 0.6 is 0 Å². The molecule has 0 radical (unpaired) electrons. The van der Waals surface area contributed by atoms with Crippen molar-refractivity contribution < 1.29 is 9.53 Å². The Balaban J connectivity index is 1.55. The highest BCUT2D eigenvalue weighted by molar-refractivity contribution is 5.99. The van der Waals surface area contributed by atoms with Gasteiger partial charge < -0.3 is 26.4 Å². The molecule has 0 aromatic carbocycles. The molecular formula is C25H30N8O2. The second-order valence-corrected chi connectivity index (χ2v) is 8.42. The van der Waals surface area contributed by atoms with Crippen LogP contribution in [0.25, 0.3) is 0 Å². The number of nitrogens with one attached hydrogen (secondary N) is 3. The molecule has 1 amide bonds. The average molecular weight is 475 g/mol. The molecule has 2 bridgehead atoms. The minimum absolute atomic E-state index is 0.111. The van der Waals surface area contributed by atoms with Gasteiger partial charge in [0.25, 0.3) is 5.91 Å². The van der Waals surface area contributed by atoms with Gasteiger partial charge >= 0.3 is 0 Å². The zero-order valence-electron chi connectivity index (χ0n) is 19.7. The first-order chi connectivity index (χ1) is 17.1. The molecule has 2 aromatic heterocycles. The van der Waals surface area contributed by atoms with Gasteiger partial charge in [-0.25, -0.2) is 4.98 Å². The van der Waals surface area contributed by atoms with Gasteiger partial charge in [0.2, 0.25) is 11.8 Å². The van der Waals surface area contributed by atoms with Gasteiger partial charge in [-0.2, -0.15) is 9.97 Å². The first-order valence-corrected chi connectivity index (χ1v) is 11.5. The molecule has 1 fully saturated rings. The van der Waals surface area contributed by atoms with Crippen LogP contribution in [-0.4, -0.2) is 46.8 Å². The molecule has 0 saturated heterocycles. The van der Waals surface area contributed by atoms with Gasteiger partial charge in [0.15, 0.2) is 0 Å². The monoisotopic (exact) mass is 474 g/mol. The summed E-state index contributed by atoms with van der Waals surface area (Å²) in [6.07, 6.45) is 12.7. The highest BCUT2D eigenvalue weighted by Gasteiger charge is 2.30. The molecule has 0 aliphatic heterocycles. The van der Waals surface area contributed by atoms with E-state index in [4.69, 9.17) is 10.5 Å². The van der Waals surface area contributed by atoms with Crippen LogP contribution < -0.4 is 26.4 Å². The number of rotatable bonds is 10. The Kier molecular flexibility index (Phi) is 7.71. The highest BCUT2D eigenvalue weighted by Crippen LogP contribution is 2.40. The number of amides is 1. The van der Waals surface area contributed by atoms with Crippen molar-refractivity contribution in [2.45, 2.75) is 31.8 Å². The molecule has 2 aromatic rings. The Morgan fingerprint density at radius 2 is 2.20 bits per heavy atom. The van der Waals surface area contributed by atoms with Crippen molar-refractivity contribution in [3.8, 4) is 5.88 Å². The van der Waals surface area contributed by atoms with Crippen LogP contribution in [0.3, 0.4) is 0 Å². The summed E-state index contributed by atoms with van der Waals surface area (Å²) in [5.41, 5.74) is 7.93. The summed E-state index contributed by atoms with van der Waals surface area (Å²) in [6, 6.07) is 5.47. The van der Waals surface area contributed by atoms with Gasteiger partial charge in [-0.05, 0) is 31.2 Å². The quantitative estimate of drug-likeness (QED) is 0.304. The number of hydrogen-bond donors (Lipinski definition) is 4. The lowest BCUT2D eigenvalue weighted by Crippen LogP contribution is -2.25. The fourth-order valence-electron chi connectivity index (χ4n) is 4.07. The second-order valence-electron chi connectivity index (χ2n) is 8.42. The number of nitrogens with zero attached hydrogens (tertiary/aromatic N) is 4. The molecule has 35 heavy (non-hydrogen) atoms. The van der Waals surface area contributed by atoms with E-state index in [1.54, 1.807) is 19.2 Å². The fraction of sp³-hybridized carbons (Fsp3) is 0.320. The number of pyridine rings is 1. The van der Waals surface area contributed by atoms with Gasteiger partial charge in [0, 0.05) is 44.7 Å². The Morgan fingerprint density at radius 1 is 1.34 bits per heavy atom. The highest BCUT2D eigenvalue weighted by atomic mass is 16.5. The number of ether oxygens (including phenoxy) is 1. The van der Waals surface area contributed by atoms with Crippen molar-refractivity contribution in [2.75, 3.05) is 24.2 Å². The lowest BCUT2D eigenvalue weighted by Gasteiger charge is -2.28. The van der Waals surface area contributed by atoms with Crippen LogP contribution in [0.1, 0.15) is 36.0 Å². The summed E-state index contributed by atoms with van der Waals surface area (Å²) in [5.74, 6) is 1.90. The number of allylic oxidation sites excluding steroid dienone is 2. The average Bonchev–Trinajstić information content (AvgIpc) is 3.15. The fourth-order valence-corrected chi connectivity index (χ4v) is 4.07. The molecule has 5 rings (SSSR count). The standard InChI is InChI=1S/C25H30N8O2/c1-3-9-28-24(34)20-15-29-25(30-18(13-26)14-27-2)33-23(20)32-21-5-4-6-22(31-21)35-19-8-7-16-10-17(11-16)12-19/h3-7,13-15,17,19H,1,8-12,26H2,2H3,(H,28,34)(H2,29,30,31,32,33)/b18-13+,27-14?/t19-/m1/s1. The third kappa shape index (κ3) is 6.23. The van der Waals surface area contributed by atoms with Crippen molar-refractivity contribution in [1.29, 1.82) is 0 Å². The SMILES string of the molecule is C=CCNC(=O)c1cnc(N/C(C=NC)=C/N)nc1Nc1cccc(O[C@@H]2CC=C3CC(C3)C2)n1. The van der Waals surface area contributed by atoms with E-state index in [-0.39, 0.29) is 29.3 Å². The van der Waals surface area contributed by atoms with Crippen molar-refractivity contribution in [3.63, 3.8) is 0 Å². The number of carbonyl (C=O) groups excluding carboxylic acids is 1. The molecule has 0 unspecified atom stereocenters. The molecule has 0 spiro atoms. The number of aliphatic imine (C=N–C) groups is 1. The van der Waals surface area contributed by atoms with Crippen molar-refractivity contribution >= 4 is 29.7 Å². The number of fused-ring (bicyclic) bond motifs is 3. The molecule has 3 aliphatic rings. The van der Waals surface area contributed by atoms with E-state index >= 15 is 0 Å². The molecule has 2 heterocycles. The Morgan fingerprint density at radius 3 is 2.97 bits per heavy atom. The van der Waals surface area contributed by atoms with Crippen LogP contribution in [0.15, 0.2) is 65.6 Å². The van der Waals surface area contributed by atoms with Crippen LogP contribution in [-0.2, 0) is 0 Å². The van der Waals surface area contributed by atoms with E-state index in [0.717, 1.165) is 12.8 Å². The van der Waals surface area contributed by atoms with E-state index in [2.05, 4.69) is 48.5 Å². The van der Waals surface area contributed by atoms with Crippen molar-refractivity contribution in [3.05, 3.63) is 66.2 Å². The number of aromatic nitrogens is 3. The molecule has 10 nitrogen and oxygen atoms in total. The second kappa shape index (κ2) is 11.3.